The second-order valence-corrected chi connectivity index (χ2v) is 7.32. The van der Waals surface area contributed by atoms with Gasteiger partial charge in [0.2, 0.25) is 11.9 Å². The first-order chi connectivity index (χ1) is 14.6. The Kier molecular flexibility index (Phi) is 5.79. The van der Waals surface area contributed by atoms with Gasteiger partial charge in [0.1, 0.15) is 5.69 Å². The van der Waals surface area contributed by atoms with Crippen LogP contribution in [0, 0.1) is 13.8 Å². The first kappa shape index (κ1) is 19.7. The average molecular weight is 400 g/mol. The zero-order valence-electron chi connectivity index (χ0n) is 17.1. The van der Waals surface area contributed by atoms with Crippen LogP contribution in [-0.2, 0) is 4.79 Å². The van der Waals surface area contributed by atoms with Crippen LogP contribution in [0.25, 0.3) is 6.08 Å². The van der Waals surface area contributed by atoms with Gasteiger partial charge in [0.05, 0.1) is 6.04 Å². The second kappa shape index (κ2) is 8.82. The van der Waals surface area contributed by atoms with Gasteiger partial charge in [-0.05, 0) is 44.4 Å². The Morgan fingerprint density at radius 1 is 1.10 bits per heavy atom. The van der Waals surface area contributed by atoms with E-state index in [1.54, 1.807) is 18.5 Å². The molecule has 0 radical (unpaired) electrons. The topological polar surface area (TPSA) is 83.9 Å². The molecule has 3 aromatic rings. The number of amides is 1. The molecule has 152 valence electrons. The Morgan fingerprint density at radius 3 is 2.60 bits per heavy atom. The molecule has 1 fully saturated rings. The molecule has 1 saturated heterocycles. The minimum Gasteiger partial charge on any atom is -0.330 e. The highest BCUT2D eigenvalue weighted by molar-refractivity contribution is 5.92. The molecule has 30 heavy (non-hydrogen) atoms. The molecule has 4 rings (SSSR count). The second-order valence-electron chi connectivity index (χ2n) is 7.32. The number of anilines is 2. The standard InChI is InChI=1S/C23H24N6O/c1-16-15-17(2)27-23(26-16)28-22-21(24-12-13-25-22)19-9-6-14-29(19)20(30)11-10-18-7-4-3-5-8-18/h3-5,7-8,10-13,15,19H,6,9,14H2,1-2H3,(H,25,26,27,28)/b11-10+. The highest BCUT2D eigenvalue weighted by atomic mass is 16.2. The molecule has 7 nitrogen and oxygen atoms in total. The highest BCUT2D eigenvalue weighted by Gasteiger charge is 2.32. The van der Waals surface area contributed by atoms with Gasteiger partial charge < -0.3 is 10.2 Å². The number of nitrogens with one attached hydrogen (secondary N) is 1. The van der Waals surface area contributed by atoms with E-state index in [1.807, 2.05) is 61.2 Å². The van der Waals surface area contributed by atoms with Gasteiger partial charge in [0.15, 0.2) is 5.82 Å². The molecule has 1 amide bonds. The van der Waals surface area contributed by atoms with Gasteiger partial charge in [0.25, 0.3) is 0 Å². The fourth-order valence-electron chi connectivity index (χ4n) is 3.72. The normalized spacial score (nSPS) is 16.2. The van der Waals surface area contributed by atoms with Crippen LogP contribution in [-0.4, -0.2) is 37.3 Å². The Balaban J connectivity index is 1.57. The molecule has 1 aliphatic rings. The number of nitrogens with zero attached hydrogens (tertiary/aromatic N) is 5. The van der Waals surface area contributed by atoms with Gasteiger partial charge >= 0.3 is 0 Å². The van der Waals surface area contributed by atoms with Crippen LogP contribution in [0.15, 0.2) is 54.9 Å². The fourth-order valence-corrected chi connectivity index (χ4v) is 3.72. The maximum atomic E-state index is 12.9. The lowest BCUT2D eigenvalue weighted by molar-refractivity contribution is -0.126. The lowest BCUT2D eigenvalue weighted by atomic mass is 10.1. The van der Waals surface area contributed by atoms with E-state index in [2.05, 4.69) is 25.3 Å². The Morgan fingerprint density at radius 2 is 1.83 bits per heavy atom. The predicted molar refractivity (Wildman–Crippen MR) is 116 cm³/mol. The van der Waals surface area contributed by atoms with Crippen molar-refractivity contribution in [3.63, 3.8) is 0 Å². The Hall–Kier alpha value is -3.61. The fraction of sp³-hybridized carbons (Fsp3) is 0.261. The van der Waals surface area contributed by atoms with Crippen molar-refractivity contribution in [2.24, 2.45) is 0 Å². The number of hydrogen-bond donors (Lipinski definition) is 1. The van der Waals surface area contributed by atoms with Gasteiger partial charge in [-0.25, -0.2) is 15.0 Å². The molecule has 0 bridgehead atoms. The van der Waals surface area contributed by atoms with Crippen molar-refractivity contribution >= 4 is 23.7 Å². The van der Waals surface area contributed by atoms with Gasteiger partial charge in [-0.2, -0.15) is 0 Å². The number of rotatable bonds is 5. The third kappa shape index (κ3) is 4.51. The molecule has 1 N–H and O–H groups in total. The summed E-state index contributed by atoms with van der Waals surface area (Å²) in [6.07, 6.45) is 8.52. The van der Waals surface area contributed by atoms with Crippen molar-refractivity contribution in [3.05, 3.63) is 77.5 Å². The van der Waals surface area contributed by atoms with Crippen molar-refractivity contribution in [1.82, 2.24) is 24.8 Å². The molecule has 1 unspecified atom stereocenters. The lowest BCUT2D eigenvalue weighted by Gasteiger charge is -2.24. The molecule has 2 aromatic heterocycles. The summed E-state index contributed by atoms with van der Waals surface area (Å²) in [7, 11) is 0. The predicted octanol–water partition coefficient (Wildman–Crippen LogP) is 4.00. The van der Waals surface area contributed by atoms with Crippen molar-refractivity contribution in [3.8, 4) is 0 Å². The smallest absolute Gasteiger partial charge is 0.247 e. The molecule has 1 aliphatic heterocycles. The summed E-state index contributed by atoms with van der Waals surface area (Å²) < 4.78 is 0. The van der Waals surface area contributed by atoms with E-state index >= 15 is 0 Å². The lowest BCUT2D eigenvalue weighted by Crippen LogP contribution is -2.30. The molecule has 0 saturated carbocycles. The molecule has 1 atom stereocenters. The van der Waals surface area contributed by atoms with Crippen molar-refractivity contribution in [1.29, 1.82) is 0 Å². The first-order valence-corrected chi connectivity index (χ1v) is 10.0. The van der Waals surface area contributed by atoms with Crippen molar-refractivity contribution in [2.45, 2.75) is 32.7 Å². The largest absolute Gasteiger partial charge is 0.330 e. The summed E-state index contributed by atoms with van der Waals surface area (Å²) in [6.45, 7) is 4.54. The summed E-state index contributed by atoms with van der Waals surface area (Å²) in [4.78, 5) is 32.6. The summed E-state index contributed by atoms with van der Waals surface area (Å²) in [5, 5.41) is 3.20. The number of benzene rings is 1. The van der Waals surface area contributed by atoms with Crippen LogP contribution >= 0.6 is 0 Å². The van der Waals surface area contributed by atoms with Crippen LogP contribution < -0.4 is 5.32 Å². The van der Waals surface area contributed by atoms with E-state index in [0.717, 1.165) is 35.5 Å². The SMILES string of the molecule is Cc1cc(C)nc(Nc2nccnc2C2CCCN2C(=O)/C=C/c2ccccc2)n1. The number of hydrogen-bond acceptors (Lipinski definition) is 6. The molecular formula is C23H24N6O. The number of aromatic nitrogens is 4. The quantitative estimate of drug-likeness (QED) is 0.652. The first-order valence-electron chi connectivity index (χ1n) is 10.0. The number of likely N-dealkylation sites (tertiary alicyclic amines) is 1. The van der Waals surface area contributed by atoms with Gasteiger partial charge in [-0.1, -0.05) is 30.3 Å². The van der Waals surface area contributed by atoms with Crippen LogP contribution in [0.4, 0.5) is 11.8 Å². The highest BCUT2D eigenvalue weighted by Crippen LogP contribution is 2.34. The van der Waals surface area contributed by atoms with E-state index in [9.17, 15) is 4.79 Å². The van der Waals surface area contributed by atoms with E-state index in [4.69, 9.17) is 0 Å². The summed E-state index contributed by atoms with van der Waals surface area (Å²) >= 11 is 0. The Labute approximate surface area is 175 Å². The minimum absolute atomic E-state index is 0.0272. The molecule has 7 heteroatoms. The third-order valence-electron chi connectivity index (χ3n) is 5.01. The summed E-state index contributed by atoms with van der Waals surface area (Å²) in [5.74, 6) is 1.04. The summed E-state index contributed by atoms with van der Waals surface area (Å²) in [6, 6.07) is 11.6. The average Bonchev–Trinajstić information content (AvgIpc) is 3.22. The van der Waals surface area contributed by atoms with E-state index < -0.39 is 0 Å². The van der Waals surface area contributed by atoms with Crippen LogP contribution in [0.2, 0.25) is 0 Å². The molecule has 1 aromatic carbocycles. The van der Waals surface area contributed by atoms with Gasteiger partial charge in [-0.15, -0.1) is 0 Å². The monoisotopic (exact) mass is 400 g/mol. The van der Waals surface area contributed by atoms with Crippen molar-refractivity contribution in [2.75, 3.05) is 11.9 Å². The number of carbonyl (C=O) groups excluding carboxylic acids is 1. The zero-order chi connectivity index (χ0) is 20.9. The molecular weight excluding hydrogens is 376 g/mol. The zero-order valence-corrected chi connectivity index (χ0v) is 17.1. The van der Waals surface area contributed by atoms with Crippen molar-refractivity contribution < 1.29 is 4.79 Å². The van der Waals surface area contributed by atoms with Crippen LogP contribution in [0.5, 0.6) is 0 Å². The maximum absolute atomic E-state index is 12.9. The Bertz CT molecular complexity index is 1050. The third-order valence-corrected chi connectivity index (χ3v) is 5.01. The van der Waals surface area contributed by atoms with E-state index in [1.165, 1.54) is 0 Å². The number of aryl methyl sites for hydroxylation is 2. The maximum Gasteiger partial charge on any atom is 0.247 e. The molecule has 0 spiro atoms. The number of carbonyl (C=O) groups is 1. The van der Waals surface area contributed by atoms with E-state index in [0.29, 0.717) is 18.3 Å². The van der Waals surface area contributed by atoms with Crippen LogP contribution in [0.1, 0.15) is 41.5 Å². The van der Waals surface area contributed by atoms with Gasteiger partial charge in [0, 0.05) is 36.4 Å². The molecule has 3 heterocycles. The molecule has 0 aliphatic carbocycles. The summed E-state index contributed by atoms with van der Waals surface area (Å²) in [5.41, 5.74) is 3.48. The minimum atomic E-state index is -0.139. The van der Waals surface area contributed by atoms with E-state index in [-0.39, 0.29) is 11.9 Å². The van der Waals surface area contributed by atoms with Gasteiger partial charge in [-0.3, -0.25) is 9.78 Å². The van der Waals surface area contributed by atoms with Crippen LogP contribution in [0.3, 0.4) is 0 Å².